The van der Waals surface area contributed by atoms with Crippen LogP contribution in [0.2, 0.25) is 0 Å². The van der Waals surface area contributed by atoms with Crippen molar-refractivity contribution in [2.75, 3.05) is 26.6 Å². The second kappa shape index (κ2) is 5.76. The third kappa shape index (κ3) is 2.82. The molecule has 0 heterocycles. The van der Waals surface area contributed by atoms with Gasteiger partial charge in [0.15, 0.2) is 0 Å². The average Bonchev–Trinajstić information content (AvgIpc) is 2.38. The summed E-state index contributed by atoms with van der Waals surface area (Å²) in [5.74, 6) is -0.992. The molecule has 0 bridgehead atoms. The summed E-state index contributed by atoms with van der Waals surface area (Å²) in [6.07, 6.45) is 0. The predicted molar refractivity (Wildman–Crippen MR) is 63.9 cm³/mol. The van der Waals surface area contributed by atoms with Crippen molar-refractivity contribution in [1.29, 1.82) is 0 Å². The van der Waals surface area contributed by atoms with Gasteiger partial charge >= 0.3 is 11.8 Å². The maximum absolute atomic E-state index is 11.3. The highest BCUT2D eigenvalue weighted by Gasteiger charge is 2.18. The fourth-order valence-electron chi connectivity index (χ4n) is 1.30. The van der Waals surface area contributed by atoms with Crippen LogP contribution in [-0.4, -0.2) is 33.1 Å². The number of carbonyl (C=O) groups is 2. The first-order valence-electron chi connectivity index (χ1n) is 4.94. The second-order valence-electron chi connectivity index (χ2n) is 3.23. The monoisotopic (exact) mass is 254 g/mol. The summed E-state index contributed by atoms with van der Waals surface area (Å²) in [6.45, 7) is 0. The van der Waals surface area contributed by atoms with Crippen molar-refractivity contribution in [3.8, 4) is 17.2 Å². The third-order valence-electron chi connectivity index (χ3n) is 2.18. The summed E-state index contributed by atoms with van der Waals surface area (Å²) in [5, 5.41) is 2.31. The number of rotatable bonds is 4. The summed E-state index contributed by atoms with van der Waals surface area (Å²) in [4.78, 5) is 22.0. The standard InChI is InChI=1S/C11H14N2O5/c1-16-6-4-7(17-2)9(8(5-6)18-3)13-11(15)10(12)14/h4-5H,1-3H3,(H2,12,14)(H,13,15). The Morgan fingerprint density at radius 2 is 1.56 bits per heavy atom. The topological polar surface area (TPSA) is 99.9 Å². The molecular weight excluding hydrogens is 240 g/mol. The highest BCUT2D eigenvalue weighted by atomic mass is 16.5. The SMILES string of the molecule is COc1cc(OC)c(NC(=O)C(N)=O)c(OC)c1. The van der Waals surface area contributed by atoms with Crippen LogP contribution >= 0.6 is 0 Å². The quantitative estimate of drug-likeness (QED) is 0.744. The minimum Gasteiger partial charge on any atom is -0.496 e. The maximum atomic E-state index is 11.3. The molecule has 0 aromatic heterocycles. The average molecular weight is 254 g/mol. The smallest absolute Gasteiger partial charge is 0.313 e. The summed E-state index contributed by atoms with van der Waals surface area (Å²) in [7, 11) is 4.30. The molecule has 7 heteroatoms. The van der Waals surface area contributed by atoms with E-state index < -0.39 is 11.8 Å². The lowest BCUT2D eigenvalue weighted by atomic mass is 10.2. The molecule has 7 nitrogen and oxygen atoms in total. The van der Waals surface area contributed by atoms with Crippen molar-refractivity contribution < 1.29 is 23.8 Å². The Morgan fingerprint density at radius 1 is 1.06 bits per heavy atom. The van der Waals surface area contributed by atoms with Crippen molar-refractivity contribution in [3.63, 3.8) is 0 Å². The second-order valence-corrected chi connectivity index (χ2v) is 3.23. The molecule has 0 aliphatic heterocycles. The van der Waals surface area contributed by atoms with E-state index in [9.17, 15) is 9.59 Å². The number of ether oxygens (including phenoxy) is 3. The number of amides is 2. The van der Waals surface area contributed by atoms with Crippen LogP contribution < -0.4 is 25.3 Å². The zero-order chi connectivity index (χ0) is 13.7. The Hall–Kier alpha value is -2.44. The molecule has 0 aliphatic carbocycles. The van der Waals surface area contributed by atoms with Gasteiger partial charge < -0.3 is 25.3 Å². The lowest BCUT2D eigenvalue weighted by Gasteiger charge is -2.14. The van der Waals surface area contributed by atoms with Crippen LogP contribution in [0.15, 0.2) is 12.1 Å². The summed E-state index contributed by atoms with van der Waals surface area (Å²) >= 11 is 0. The fourth-order valence-corrected chi connectivity index (χ4v) is 1.30. The number of nitrogens with two attached hydrogens (primary N) is 1. The van der Waals surface area contributed by atoms with Crippen LogP contribution in [0.4, 0.5) is 5.69 Å². The summed E-state index contributed by atoms with van der Waals surface area (Å²) in [5.41, 5.74) is 5.08. The van der Waals surface area contributed by atoms with Gasteiger partial charge in [-0.25, -0.2) is 0 Å². The molecule has 0 saturated carbocycles. The molecule has 0 unspecified atom stereocenters. The van der Waals surface area contributed by atoms with Crippen LogP contribution in [-0.2, 0) is 9.59 Å². The van der Waals surface area contributed by atoms with Crippen LogP contribution in [0.5, 0.6) is 17.2 Å². The van der Waals surface area contributed by atoms with Crippen molar-refractivity contribution in [2.24, 2.45) is 5.73 Å². The van der Waals surface area contributed by atoms with Gasteiger partial charge in [-0.3, -0.25) is 9.59 Å². The summed E-state index contributed by atoms with van der Waals surface area (Å²) < 4.78 is 15.2. The van der Waals surface area contributed by atoms with Gasteiger partial charge in [-0.1, -0.05) is 0 Å². The van der Waals surface area contributed by atoms with E-state index in [2.05, 4.69) is 5.32 Å². The van der Waals surface area contributed by atoms with Gasteiger partial charge in [0.2, 0.25) is 0 Å². The number of hydrogen-bond donors (Lipinski definition) is 2. The Labute approximate surface area is 104 Å². The first kappa shape index (κ1) is 13.6. The zero-order valence-electron chi connectivity index (χ0n) is 10.3. The van der Waals surface area contributed by atoms with Crippen LogP contribution in [0, 0.1) is 0 Å². The lowest BCUT2D eigenvalue weighted by Crippen LogP contribution is -2.29. The minimum atomic E-state index is -1.10. The molecule has 0 saturated heterocycles. The van der Waals surface area contributed by atoms with E-state index in [0.717, 1.165) is 0 Å². The van der Waals surface area contributed by atoms with Gasteiger partial charge in [0.25, 0.3) is 0 Å². The summed E-state index contributed by atoms with van der Waals surface area (Å²) in [6, 6.07) is 3.08. The molecule has 0 spiro atoms. The van der Waals surface area contributed by atoms with Crippen LogP contribution in [0.25, 0.3) is 0 Å². The normalized spacial score (nSPS) is 9.50. The molecule has 98 valence electrons. The lowest BCUT2D eigenvalue weighted by molar-refractivity contribution is -0.134. The highest BCUT2D eigenvalue weighted by molar-refractivity contribution is 6.39. The Morgan fingerprint density at radius 3 is 1.89 bits per heavy atom. The van der Waals surface area contributed by atoms with Crippen LogP contribution in [0.1, 0.15) is 0 Å². The van der Waals surface area contributed by atoms with E-state index in [4.69, 9.17) is 19.9 Å². The van der Waals surface area contributed by atoms with E-state index in [1.165, 1.54) is 21.3 Å². The van der Waals surface area contributed by atoms with Crippen molar-refractivity contribution in [2.45, 2.75) is 0 Å². The highest BCUT2D eigenvalue weighted by Crippen LogP contribution is 2.38. The Balaban J connectivity index is 3.22. The fraction of sp³-hybridized carbons (Fsp3) is 0.273. The number of carbonyl (C=O) groups excluding carboxylic acids is 2. The Kier molecular flexibility index (Phi) is 4.36. The van der Waals surface area contributed by atoms with Crippen LogP contribution in [0.3, 0.4) is 0 Å². The van der Waals surface area contributed by atoms with E-state index >= 15 is 0 Å². The zero-order valence-corrected chi connectivity index (χ0v) is 10.3. The molecular formula is C11H14N2O5. The molecule has 0 aliphatic rings. The van der Waals surface area contributed by atoms with Crippen molar-refractivity contribution >= 4 is 17.5 Å². The molecule has 0 fully saturated rings. The predicted octanol–water partition coefficient (Wildman–Crippen LogP) is 0.136. The van der Waals surface area contributed by atoms with Gasteiger partial charge in [-0.15, -0.1) is 0 Å². The van der Waals surface area contributed by atoms with Gasteiger partial charge in [0.1, 0.15) is 22.9 Å². The van der Waals surface area contributed by atoms with Crippen molar-refractivity contribution in [1.82, 2.24) is 0 Å². The first-order chi connectivity index (χ1) is 8.53. The van der Waals surface area contributed by atoms with Gasteiger partial charge in [-0.05, 0) is 0 Å². The van der Waals surface area contributed by atoms with E-state index in [1.807, 2.05) is 0 Å². The number of nitrogens with one attached hydrogen (secondary N) is 1. The number of methoxy groups -OCH3 is 3. The number of benzene rings is 1. The maximum Gasteiger partial charge on any atom is 0.313 e. The molecule has 0 radical (unpaired) electrons. The van der Waals surface area contributed by atoms with Gasteiger partial charge in [-0.2, -0.15) is 0 Å². The molecule has 3 N–H and O–H groups in total. The van der Waals surface area contributed by atoms with Gasteiger partial charge in [0.05, 0.1) is 21.3 Å². The largest absolute Gasteiger partial charge is 0.496 e. The third-order valence-corrected chi connectivity index (χ3v) is 2.18. The molecule has 0 atom stereocenters. The first-order valence-corrected chi connectivity index (χ1v) is 4.94. The molecule has 2 amide bonds. The van der Waals surface area contributed by atoms with Gasteiger partial charge in [0, 0.05) is 12.1 Å². The minimum absolute atomic E-state index is 0.213. The Bertz CT molecular complexity index is 447. The number of hydrogen-bond acceptors (Lipinski definition) is 5. The van der Waals surface area contributed by atoms with E-state index in [1.54, 1.807) is 12.1 Å². The molecule has 1 rings (SSSR count). The molecule has 18 heavy (non-hydrogen) atoms. The number of primary amides is 1. The van der Waals surface area contributed by atoms with E-state index in [-0.39, 0.29) is 5.69 Å². The van der Waals surface area contributed by atoms with E-state index in [0.29, 0.717) is 17.2 Å². The van der Waals surface area contributed by atoms with Crippen molar-refractivity contribution in [3.05, 3.63) is 12.1 Å². The molecule has 1 aromatic rings. The molecule has 1 aromatic carbocycles. The number of anilines is 1.